The monoisotopic (exact) mass is 563 g/mol. The fourth-order valence-corrected chi connectivity index (χ4v) is 4.73. The van der Waals surface area contributed by atoms with Gasteiger partial charge in [0.2, 0.25) is 5.91 Å². The summed E-state index contributed by atoms with van der Waals surface area (Å²) in [6, 6.07) is 22.4. The fraction of sp³-hybridized carbons (Fsp3) is 0.200. The molecule has 2 unspecified atom stereocenters. The van der Waals surface area contributed by atoms with Gasteiger partial charge >= 0.3 is 0 Å². The van der Waals surface area contributed by atoms with E-state index in [4.69, 9.17) is 45.1 Å². The van der Waals surface area contributed by atoms with E-state index in [1.54, 1.807) is 30.3 Å². The summed E-state index contributed by atoms with van der Waals surface area (Å²) in [7, 11) is 0. The molecule has 202 valence electrons. The Kier molecular flexibility index (Phi) is 9.65. The van der Waals surface area contributed by atoms with Crippen molar-refractivity contribution in [3.63, 3.8) is 0 Å². The van der Waals surface area contributed by atoms with E-state index in [2.05, 4.69) is 10.3 Å². The number of nitrogen functional groups attached to an aromatic ring is 1. The van der Waals surface area contributed by atoms with Crippen molar-refractivity contribution in [1.29, 1.82) is 0 Å². The number of nitrogens with zero attached hydrogens (tertiary/aromatic N) is 1. The first-order valence-corrected chi connectivity index (χ1v) is 13.3. The zero-order valence-electron chi connectivity index (χ0n) is 21.3. The first-order valence-electron chi connectivity index (χ1n) is 12.6. The number of amidine groups is 1. The van der Waals surface area contributed by atoms with E-state index in [1.165, 1.54) is 0 Å². The van der Waals surface area contributed by atoms with Gasteiger partial charge in [-0.1, -0.05) is 65.7 Å². The molecule has 9 heteroatoms. The van der Waals surface area contributed by atoms with Gasteiger partial charge in [0.1, 0.15) is 18.2 Å². The van der Waals surface area contributed by atoms with Crippen LogP contribution in [0.25, 0.3) is 0 Å². The summed E-state index contributed by atoms with van der Waals surface area (Å²) in [5.41, 5.74) is 21.5. The standard InChI is InChI=1S/C30H31Cl2N5O2/c31-26-11-9-20(15-27(26)32)24(13-14-33)30(38)37-22-10-12-28(34)25(17-22)29(35)36-21-7-4-8-23(16-21)39-18-19-5-2-1-3-6-19/h1-12,16-17,20,24H,13-15,18,33-34H2,(H2,35,36)(H,37,38). The molecular weight excluding hydrogens is 533 g/mol. The van der Waals surface area contributed by atoms with Gasteiger partial charge in [-0.3, -0.25) is 4.79 Å². The lowest BCUT2D eigenvalue weighted by molar-refractivity contribution is -0.121. The number of nitrogens with one attached hydrogen (secondary N) is 1. The minimum atomic E-state index is -0.379. The maximum absolute atomic E-state index is 13.2. The summed E-state index contributed by atoms with van der Waals surface area (Å²) < 4.78 is 5.90. The number of halogens is 2. The summed E-state index contributed by atoms with van der Waals surface area (Å²) >= 11 is 12.3. The van der Waals surface area contributed by atoms with Crippen LogP contribution >= 0.6 is 23.2 Å². The molecule has 0 saturated carbocycles. The summed E-state index contributed by atoms with van der Waals surface area (Å²) in [6.07, 6.45) is 4.62. The molecule has 7 N–H and O–H groups in total. The van der Waals surface area contributed by atoms with Crippen molar-refractivity contribution < 1.29 is 9.53 Å². The Morgan fingerprint density at radius 2 is 1.87 bits per heavy atom. The zero-order valence-corrected chi connectivity index (χ0v) is 22.8. The van der Waals surface area contributed by atoms with E-state index in [1.807, 2.05) is 54.6 Å². The van der Waals surface area contributed by atoms with Gasteiger partial charge in [-0.2, -0.15) is 0 Å². The van der Waals surface area contributed by atoms with E-state index in [0.29, 0.717) is 64.4 Å². The summed E-state index contributed by atoms with van der Waals surface area (Å²) in [4.78, 5) is 17.8. The highest BCUT2D eigenvalue weighted by Gasteiger charge is 2.29. The second-order valence-electron chi connectivity index (χ2n) is 9.22. The van der Waals surface area contributed by atoms with Gasteiger partial charge in [-0.05, 0) is 67.3 Å². The highest BCUT2D eigenvalue weighted by Crippen LogP contribution is 2.34. The van der Waals surface area contributed by atoms with Crippen molar-refractivity contribution in [1.82, 2.24) is 0 Å². The lowest BCUT2D eigenvalue weighted by Gasteiger charge is -2.26. The van der Waals surface area contributed by atoms with Crippen molar-refractivity contribution in [2.24, 2.45) is 28.3 Å². The number of ether oxygens (including phenoxy) is 1. The van der Waals surface area contributed by atoms with Crippen LogP contribution in [0, 0.1) is 11.8 Å². The molecule has 4 rings (SSSR count). The molecule has 0 spiro atoms. The minimum absolute atomic E-state index is 0.111. The highest BCUT2D eigenvalue weighted by atomic mass is 35.5. The molecule has 0 heterocycles. The van der Waals surface area contributed by atoms with E-state index in [9.17, 15) is 4.79 Å². The maximum Gasteiger partial charge on any atom is 0.228 e. The quantitative estimate of drug-likeness (QED) is 0.135. The predicted octanol–water partition coefficient (Wildman–Crippen LogP) is 6.05. The molecule has 0 radical (unpaired) electrons. The maximum atomic E-state index is 13.2. The molecule has 0 aromatic heterocycles. The molecule has 3 aromatic carbocycles. The molecule has 39 heavy (non-hydrogen) atoms. The SMILES string of the molecule is NCCC(C(=O)Nc1ccc(N)c(C(N)=Nc2cccc(OCc3ccccc3)c2)c1)C1C=CC(Cl)=C(Cl)C1. The molecule has 1 amide bonds. The summed E-state index contributed by atoms with van der Waals surface area (Å²) in [6.45, 7) is 0.799. The van der Waals surface area contributed by atoms with E-state index < -0.39 is 0 Å². The average molecular weight is 565 g/mol. The second-order valence-corrected chi connectivity index (χ2v) is 10.1. The number of carbonyl (C=O) groups excluding carboxylic acids is 1. The third-order valence-corrected chi connectivity index (χ3v) is 7.22. The number of carbonyl (C=O) groups is 1. The van der Waals surface area contributed by atoms with E-state index in [0.717, 1.165) is 5.56 Å². The summed E-state index contributed by atoms with van der Waals surface area (Å²) in [5, 5.41) is 4.00. The number of allylic oxidation sites excluding steroid dienone is 4. The number of benzene rings is 3. The van der Waals surface area contributed by atoms with Crippen LogP contribution in [0.5, 0.6) is 5.75 Å². The number of nitrogens with two attached hydrogens (primary N) is 3. The molecule has 1 aliphatic rings. The van der Waals surface area contributed by atoms with Crippen LogP contribution in [0.1, 0.15) is 24.0 Å². The number of anilines is 2. The first kappa shape index (κ1) is 28.2. The smallest absolute Gasteiger partial charge is 0.228 e. The van der Waals surface area contributed by atoms with Gasteiger partial charge in [0.25, 0.3) is 0 Å². The van der Waals surface area contributed by atoms with Crippen molar-refractivity contribution in [3.8, 4) is 5.75 Å². The van der Waals surface area contributed by atoms with Gasteiger partial charge in [-0.15, -0.1) is 0 Å². The molecule has 1 aliphatic carbocycles. The van der Waals surface area contributed by atoms with Gasteiger partial charge in [0.15, 0.2) is 0 Å². The average Bonchev–Trinajstić information content (AvgIpc) is 2.94. The number of aliphatic imine (C=N–C) groups is 1. The highest BCUT2D eigenvalue weighted by molar-refractivity contribution is 6.40. The molecule has 0 fully saturated rings. The molecule has 7 nitrogen and oxygen atoms in total. The molecule has 3 aromatic rings. The van der Waals surface area contributed by atoms with Gasteiger partial charge in [0, 0.05) is 34.0 Å². The Morgan fingerprint density at radius 3 is 2.62 bits per heavy atom. The van der Waals surface area contributed by atoms with Gasteiger partial charge in [0.05, 0.1) is 10.7 Å². The van der Waals surface area contributed by atoms with Gasteiger partial charge in [-0.25, -0.2) is 4.99 Å². The molecular formula is C30H31Cl2N5O2. The normalized spacial score (nSPS) is 16.2. The van der Waals surface area contributed by atoms with Crippen molar-refractivity contribution in [3.05, 3.63) is 106 Å². The van der Waals surface area contributed by atoms with Crippen LogP contribution in [0.4, 0.5) is 17.1 Å². The van der Waals surface area contributed by atoms with Crippen molar-refractivity contribution >= 4 is 52.0 Å². The fourth-order valence-electron chi connectivity index (χ4n) is 4.34. The third-order valence-electron chi connectivity index (χ3n) is 6.41. The van der Waals surface area contributed by atoms with E-state index in [-0.39, 0.29) is 23.6 Å². The zero-order chi connectivity index (χ0) is 27.8. The van der Waals surface area contributed by atoms with Crippen LogP contribution in [0.15, 0.2) is 100 Å². The van der Waals surface area contributed by atoms with Crippen LogP contribution in [-0.2, 0) is 11.4 Å². The number of amides is 1. The largest absolute Gasteiger partial charge is 0.489 e. The molecule has 0 aliphatic heterocycles. The van der Waals surface area contributed by atoms with Crippen molar-refractivity contribution in [2.45, 2.75) is 19.4 Å². The Hall–Kier alpha value is -3.78. The Labute approximate surface area is 238 Å². The Bertz CT molecular complexity index is 1410. The third kappa shape index (κ3) is 7.63. The van der Waals surface area contributed by atoms with Crippen LogP contribution < -0.4 is 27.3 Å². The van der Waals surface area contributed by atoms with Crippen LogP contribution in [0.3, 0.4) is 0 Å². The molecule has 0 bridgehead atoms. The lowest BCUT2D eigenvalue weighted by Crippen LogP contribution is -2.31. The topological polar surface area (TPSA) is 129 Å². The van der Waals surface area contributed by atoms with Crippen LogP contribution in [-0.4, -0.2) is 18.3 Å². The van der Waals surface area contributed by atoms with Gasteiger partial charge < -0.3 is 27.3 Å². The van der Waals surface area contributed by atoms with Crippen LogP contribution in [0.2, 0.25) is 0 Å². The molecule has 0 saturated heterocycles. The Morgan fingerprint density at radius 1 is 1.08 bits per heavy atom. The second kappa shape index (κ2) is 13.3. The number of rotatable bonds is 10. The number of hydrogen-bond acceptors (Lipinski definition) is 5. The van der Waals surface area contributed by atoms with E-state index >= 15 is 0 Å². The Balaban J connectivity index is 1.48. The number of hydrogen-bond donors (Lipinski definition) is 4. The summed E-state index contributed by atoms with van der Waals surface area (Å²) in [5.74, 6) is 0.215. The molecule has 2 atom stereocenters. The minimum Gasteiger partial charge on any atom is -0.489 e. The lowest BCUT2D eigenvalue weighted by atomic mass is 9.84. The first-order chi connectivity index (χ1) is 18.8. The predicted molar refractivity (Wildman–Crippen MR) is 160 cm³/mol. The van der Waals surface area contributed by atoms with Crippen molar-refractivity contribution in [2.75, 3.05) is 17.6 Å².